The van der Waals surface area contributed by atoms with Crippen LogP contribution in [0.4, 0.5) is 17.2 Å². The minimum absolute atomic E-state index is 0.244. The van der Waals surface area contributed by atoms with Gasteiger partial charge in [0.2, 0.25) is 5.69 Å². The Morgan fingerprint density at radius 1 is 0.600 bits per heavy atom. The summed E-state index contributed by atoms with van der Waals surface area (Å²) in [6.07, 6.45) is 6.41. The highest BCUT2D eigenvalue weighted by molar-refractivity contribution is 6.06. The predicted molar refractivity (Wildman–Crippen MR) is 222 cm³/mol. The zero-order valence-corrected chi connectivity index (χ0v) is 31.1. The minimum atomic E-state index is -0.383. The van der Waals surface area contributed by atoms with Crippen LogP contribution in [0.15, 0.2) is 158 Å². The molecule has 55 heavy (non-hydrogen) atoms. The number of hydrogen-bond acceptors (Lipinski definition) is 3. The molecule has 11 rings (SSSR count). The number of hydrogen-bond donors (Lipinski definition) is 1. The first-order valence-corrected chi connectivity index (χ1v) is 18.9. The van der Waals surface area contributed by atoms with Crippen LogP contribution in [0.5, 0.6) is 5.75 Å². The number of benzene rings is 5. The Balaban J connectivity index is 1.24. The molecular weight excluding hydrogens is 677 g/mol. The summed E-state index contributed by atoms with van der Waals surface area (Å²) in [4.78, 5) is 7.96. The molecular formula is C48H39N6O+. The van der Waals surface area contributed by atoms with Gasteiger partial charge in [-0.2, -0.15) is 4.57 Å². The zero-order valence-electron chi connectivity index (χ0n) is 31.1. The third-order valence-electron chi connectivity index (χ3n) is 12.5. The Hall–Kier alpha value is -6.86. The van der Waals surface area contributed by atoms with Crippen LogP contribution in [0, 0.1) is 0 Å². The fraction of sp³-hybridized carbons (Fsp3) is 0.125. The first-order chi connectivity index (χ1) is 26.8. The molecule has 0 unspecified atom stereocenters. The van der Waals surface area contributed by atoms with Crippen molar-refractivity contribution < 1.29 is 9.67 Å². The van der Waals surface area contributed by atoms with Crippen molar-refractivity contribution in [2.75, 3.05) is 4.90 Å². The van der Waals surface area contributed by atoms with E-state index in [1.807, 2.05) is 24.3 Å². The van der Waals surface area contributed by atoms with Gasteiger partial charge in [-0.05, 0) is 66.2 Å². The number of pyridine rings is 1. The third-order valence-corrected chi connectivity index (χ3v) is 12.5. The van der Waals surface area contributed by atoms with E-state index in [-0.39, 0.29) is 16.6 Å². The summed E-state index contributed by atoms with van der Waals surface area (Å²) in [6, 6.07) is 48.7. The average molecular weight is 716 g/mol. The molecule has 0 radical (unpaired) electrons. The van der Waals surface area contributed by atoms with Gasteiger partial charge in [0.15, 0.2) is 29.6 Å². The number of rotatable bonds is 5. The first kappa shape index (κ1) is 31.6. The SMILES string of the molecule is CC1(C)c2cccc3c2n2c(c(N(c4ccccc4)c4cccc(-n5cc(-[n+]6ccccc6)c6ccccc65)c4)nc2c2c(O)c4ccccc4n32)C1(C)C. The summed E-state index contributed by atoms with van der Waals surface area (Å²) in [5.41, 5.74) is 11.5. The normalized spacial score (nSPS) is 14.5. The van der Waals surface area contributed by atoms with E-state index in [9.17, 15) is 5.11 Å². The highest BCUT2D eigenvalue weighted by Crippen LogP contribution is 2.55. The van der Waals surface area contributed by atoms with E-state index in [1.165, 1.54) is 10.9 Å². The fourth-order valence-electron chi connectivity index (χ4n) is 9.16. The summed E-state index contributed by atoms with van der Waals surface area (Å²) in [7, 11) is 0. The van der Waals surface area contributed by atoms with Crippen molar-refractivity contribution in [2.45, 2.75) is 38.5 Å². The third kappa shape index (κ3) is 4.15. The maximum absolute atomic E-state index is 12.0. The van der Waals surface area contributed by atoms with Gasteiger partial charge in [0, 0.05) is 45.4 Å². The second-order valence-electron chi connectivity index (χ2n) is 15.8. The molecule has 0 amide bonds. The molecule has 6 heterocycles. The van der Waals surface area contributed by atoms with Gasteiger partial charge in [-0.15, -0.1) is 0 Å². The van der Waals surface area contributed by atoms with Crippen molar-refractivity contribution in [1.29, 1.82) is 0 Å². The van der Waals surface area contributed by atoms with E-state index in [2.05, 4.69) is 184 Å². The molecule has 7 nitrogen and oxygen atoms in total. The van der Waals surface area contributed by atoms with Crippen LogP contribution in [-0.2, 0) is 10.8 Å². The topological polar surface area (TPSA) is 54.0 Å². The van der Waals surface area contributed by atoms with Crippen LogP contribution in [0.2, 0.25) is 0 Å². The number of aromatic nitrogens is 5. The Kier molecular flexibility index (Phi) is 6.38. The molecule has 0 atom stereocenters. The summed E-state index contributed by atoms with van der Waals surface area (Å²) in [6.45, 7) is 9.40. The molecule has 5 aromatic carbocycles. The summed E-state index contributed by atoms with van der Waals surface area (Å²) < 4.78 is 9.01. The van der Waals surface area contributed by atoms with E-state index in [1.54, 1.807) is 0 Å². The maximum atomic E-state index is 12.0. The molecule has 7 heteroatoms. The van der Waals surface area contributed by atoms with Crippen LogP contribution in [0.25, 0.3) is 55.4 Å². The van der Waals surface area contributed by atoms with Crippen LogP contribution in [-0.4, -0.2) is 23.5 Å². The van der Waals surface area contributed by atoms with Crippen molar-refractivity contribution in [1.82, 2.24) is 18.4 Å². The Morgan fingerprint density at radius 3 is 2.05 bits per heavy atom. The van der Waals surface area contributed by atoms with Crippen molar-refractivity contribution in [3.8, 4) is 17.1 Å². The number of para-hydroxylation sites is 4. The second kappa shape index (κ2) is 11.1. The van der Waals surface area contributed by atoms with Gasteiger partial charge in [-0.25, -0.2) is 4.98 Å². The van der Waals surface area contributed by atoms with Gasteiger partial charge in [-0.1, -0.05) is 94.4 Å². The number of anilines is 3. The standard InChI is InChI=1S/C48H38N6O/c1-47(2)36-23-16-26-39-41(36)54-44(48(47,3)4)46(49-45(54)42-43(55)35-22-10-12-25-38(35)53(39)42)52(31-17-7-5-8-18-31)33-20-15-19-32(29-33)51-30-40(50-27-13-6-14-28-50)34-21-9-11-24-37(34)51/h5-30H,1-4H3/p+1. The van der Waals surface area contributed by atoms with E-state index >= 15 is 0 Å². The van der Waals surface area contributed by atoms with Crippen molar-refractivity contribution in [3.05, 3.63) is 169 Å². The number of imidazole rings is 1. The Morgan fingerprint density at radius 2 is 1.25 bits per heavy atom. The molecule has 5 aromatic heterocycles. The van der Waals surface area contributed by atoms with Gasteiger partial charge in [0.05, 0.1) is 39.3 Å². The highest BCUT2D eigenvalue weighted by Gasteiger charge is 2.49. The largest absolute Gasteiger partial charge is 0.505 e. The molecule has 0 saturated heterocycles. The van der Waals surface area contributed by atoms with Crippen LogP contribution < -0.4 is 9.47 Å². The summed E-state index contributed by atoms with van der Waals surface area (Å²) >= 11 is 0. The second-order valence-corrected chi connectivity index (χ2v) is 15.8. The Labute approximate surface area is 318 Å². The smallest absolute Gasteiger partial charge is 0.236 e. The molecule has 10 aromatic rings. The van der Waals surface area contributed by atoms with Gasteiger partial charge in [0.25, 0.3) is 0 Å². The maximum Gasteiger partial charge on any atom is 0.236 e. The van der Waals surface area contributed by atoms with Gasteiger partial charge < -0.3 is 14.1 Å². The van der Waals surface area contributed by atoms with Gasteiger partial charge in [0.1, 0.15) is 5.52 Å². The lowest BCUT2D eigenvalue weighted by atomic mass is 9.60. The van der Waals surface area contributed by atoms with E-state index in [0.29, 0.717) is 5.52 Å². The predicted octanol–water partition coefficient (Wildman–Crippen LogP) is 10.9. The molecule has 0 bridgehead atoms. The lowest BCUT2D eigenvalue weighted by Gasteiger charge is -2.46. The highest BCUT2D eigenvalue weighted by atomic mass is 16.3. The lowest BCUT2D eigenvalue weighted by Crippen LogP contribution is -2.44. The number of nitrogens with zero attached hydrogens (tertiary/aromatic N) is 6. The van der Waals surface area contributed by atoms with Gasteiger partial charge in [-0.3, -0.25) is 9.30 Å². The fourth-order valence-corrected chi connectivity index (χ4v) is 9.16. The molecule has 1 N–H and O–H groups in total. The number of fused-ring (bicyclic) bond motifs is 6. The molecule has 266 valence electrons. The minimum Gasteiger partial charge on any atom is -0.505 e. The van der Waals surface area contributed by atoms with E-state index in [4.69, 9.17) is 4.98 Å². The summed E-state index contributed by atoms with van der Waals surface area (Å²) in [5, 5.41) is 14.0. The lowest BCUT2D eigenvalue weighted by molar-refractivity contribution is -0.594. The molecule has 0 saturated carbocycles. The quantitative estimate of drug-likeness (QED) is 0.181. The summed E-state index contributed by atoms with van der Waals surface area (Å²) in [5.74, 6) is 1.08. The Bertz CT molecular complexity index is 3170. The molecule has 1 aliphatic heterocycles. The van der Waals surface area contributed by atoms with E-state index in [0.717, 1.165) is 67.4 Å². The zero-order chi connectivity index (χ0) is 37.2. The molecule has 0 aliphatic carbocycles. The molecule has 1 aliphatic rings. The number of aromatic hydroxyl groups is 1. The first-order valence-electron chi connectivity index (χ1n) is 18.9. The van der Waals surface area contributed by atoms with Crippen LogP contribution >= 0.6 is 0 Å². The van der Waals surface area contributed by atoms with Crippen molar-refractivity contribution in [2.24, 2.45) is 0 Å². The van der Waals surface area contributed by atoms with E-state index < -0.39 is 0 Å². The van der Waals surface area contributed by atoms with Crippen molar-refractivity contribution >= 4 is 61.2 Å². The average Bonchev–Trinajstić information content (AvgIpc) is 3.89. The van der Waals surface area contributed by atoms with Crippen LogP contribution in [0.3, 0.4) is 0 Å². The van der Waals surface area contributed by atoms with Crippen LogP contribution in [0.1, 0.15) is 39.0 Å². The van der Waals surface area contributed by atoms with Crippen molar-refractivity contribution in [3.63, 3.8) is 0 Å². The molecule has 0 spiro atoms. The molecule has 0 fully saturated rings. The van der Waals surface area contributed by atoms with Gasteiger partial charge >= 0.3 is 0 Å². The monoisotopic (exact) mass is 715 g/mol.